The SMILES string of the molecule is C[C@@H](NS(=O)(=O)CCCn1ccc(=O)[nH]c1=O)c1cccc(F)c1. The number of sulfonamides is 1. The van der Waals surface area contributed by atoms with Crippen LogP contribution in [0.2, 0.25) is 0 Å². The van der Waals surface area contributed by atoms with Crippen molar-refractivity contribution in [3.63, 3.8) is 0 Å². The van der Waals surface area contributed by atoms with Gasteiger partial charge in [0.05, 0.1) is 5.75 Å². The predicted molar refractivity (Wildman–Crippen MR) is 87.7 cm³/mol. The van der Waals surface area contributed by atoms with E-state index < -0.39 is 33.1 Å². The Morgan fingerprint density at radius 1 is 1.29 bits per heavy atom. The van der Waals surface area contributed by atoms with Crippen LogP contribution < -0.4 is 16.0 Å². The Morgan fingerprint density at radius 3 is 2.71 bits per heavy atom. The van der Waals surface area contributed by atoms with Gasteiger partial charge in [-0.3, -0.25) is 9.78 Å². The van der Waals surface area contributed by atoms with Gasteiger partial charge in [0.1, 0.15) is 5.82 Å². The third-order valence-electron chi connectivity index (χ3n) is 3.41. The molecule has 2 rings (SSSR count). The van der Waals surface area contributed by atoms with Gasteiger partial charge in [0, 0.05) is 24.8 Å². The standard InChI is InChI=1S/C15H18FN3O4S/c1-11(12-4-2-5-13(16)10-12)18-24(22,23)9-3-7-19-8-6-14(20)17-15(19)21/h2,4-6,8,10-11,18H,3,7,9H2,1H3,(H,17,20,21)/t11-/m1/s1. The van der Waals surface area contributed by atoms with E-state index in [4.69, 9.17) is 0 Å². The number of nitrogens with zero attached hydrogens (tertiary/aromatic N) is 1. The van der Waals surface area contributed by atoms with Gasteiger partial charge < -0.3 is 4.57 Å². The molecule has 0 fully saturated rings. The monoisotopic (exact) mass is 355 g/mol. The van der Waals surface area contributed by atoms with Crippen molar-refractivity contribution in [3.8, 4) is 0 Å². The van der Waals surface area contributed by atoms with Crippen molar-refractivity contribution < 1.29 is 12.8 Å². The molecule has 1 heterocycles. The number of aryl methyl sites for hydroxylation is 1. The number of aromatic amines is 1. The zero-order valence-electron chi connectivity index (χ0n) is 13.0. The van der Waals surface area contributed by atoms with E-state index in [2.05, 4.69) is 9.71 Å². The number of benzene rings is 1. The average Bonchev–Trinajstić information content (AvgIpc) is 2.49. The third-order valence-corrected chi connectivity index (χ3v) is 4.95. The maximum Gasteiger partial charge on any atom is 0.328 e. The highest BCUT2D eigenvalue weighted by atomic mass is 32.2. The molecule has 130 valence electrons. The van der Waals surface area contributed by atoms with E-state index in [1.807, 2.05) is 0 Å². The normalized spacial score (nSPS) is 12.9. The molecular weight excluding hydrogens is 337 g/mol. The summed E-state index contributed by atoms with van der Waals surface area (Å²) in [6.07, 6.45) is 1.51. The number of rotatable bonds is 7. The lowest BCUT2D eigenvalue weighted by Crippen LogP contribution is -2.31. The fraction of sp³-hybridized carbons (Fsp3) is 0.333. The Labute approximate surface area is 138 Å². The Morgan fingerprint density at radius 2 is 2.04 bits per heavy atom. The number of H-pyrrole nitrogens is 1. The molecule has 0 spiro atoms. The Bertz CT molecular complexity index is 921. The van der Waals surface area contributed by atoms with Crippen molar-refractivity contribution >= 4 is 10.0 Å². The molecule has 0 aliphatic carbocycles. The molecular formula is C15H18FN3O4S. The molecule has 0 radical (unpaired) electrons. The molecule has 0 saturated heterocycles. The number of hydrogen-bond donors (Lipinski definition) is 2. The van der Waals surface area contributed by atoms with E-state index in [9.17, 15) is 22.4 Å². The fourth-order valence-electron chi connectivity index (χ4n) is 2.22. The van der Waals surface area contributed by atoms with Gasteiger partial charge in [-0.25, -0.2) is 22.3 Å². The molecule has 1 aromatic heterocycles. The van der Waals surface area contributed by atoms with Gasteiger partial charge >= 0.3 is 5.69 Å². The summed E-state index contributed by atoms with van der Waals surface area (Å²) in [6, 6.07) is 6.33. The molecule has 0 aliphatic rings. The molecule has 0 amide bonds. The summed E-state index contributed by atoms with van der Waals surface area (Å²) in [4.78, 5) is 24.5. The molecule has 0 saturated carbocycles. The minimum Gasteiger partial charge on any atom is -0.301 e. The van der Waals surface area contributed by atoms with E-state index in [-0.39, 0.29) is 18.7 Å². The maximum atomic E-state index is 13.2. The summed E-state index contributed by atoms with van der Waals surface area (Å²) >= 11 is 0. The number of halogens is 1. The van der Waals surface area contributed by atoms with Crippen LogP contribution in [0.15, 0.2) is 46.1 Å². The molecule has 2 N–H and O–H groups in total. The average molecular weight is 355 g/mol. The summed E-state index contributed by atoms with van der Waals surface area (Å²) in [5.41, 5.74) is -0.564. The lowest BCUT2D eigenvalue weighted by atomic mass is 10.1. The lowest BCUT2D eigenvalue weighted by molar-refractivity contribution is 0.554. The Balaban J connectivity index is 1.93. The van der Waals surface area contributed by atoms with Gasteiger partial charge in [0.25, 0.3) is 5.56 Å². The van der Waals surface area contributed by atoms with Crippen LogP contribution in [0.3, 0.4) is 0 Å². The van der Waals surface area contributed by atoms with Gasteiger partial charge in [-0.1, -0.05) is 12.1 Å². The van der Waals surface area contributed by atoms with Crippen molar-refractivity contribution in [3.05, 3.63) is 68.7 Å². The number of hydrogen-bond acceptors (Lipinski definition) is 4. The largest absolute Gasteiger partial charge is 0.328 e. The highest BCUT2D eigenvalue weighted by molar-refractivity contribution is 7.89. The molecule has 0 bridgehead atoms. The lowest BCUT2D eigenvalue weighted by Gasteiger charge is -2.15. The second-order valence-electron chi connectivity index (χ2n) is 5.37. The first-order chi connectivity index (χ1) is 11.3. The van der Waals surface area contributed by atoms with Crippen molar-refractivity contribution in [2.75, 3.05) is 5.75 Å². The van der Waals surface area contributed by atoms with Crippen molar-refractivity contribution in [1.29, 1.82) is 0 Å². The number of nitrogens with one attached hydrogen (secondary N) is 2. The zero-order valence-corrected chi connectivity index (χ0v) is 13.8. The van der Waals surface area contributed by atoms with Crippen molar-refractivity contribution in [2.24, 2.45) is 0 Å². The summed E-state index contributed by atoms with van der Waals surface area (Å²) in [5.74, 6) is -0.630. The topological polar surface area (TPSA) is 101 Å². The first-order valence-corrected chi connectivity index (χ1v) is 8.97. The molecule has 24 heavy (non-hydrogen) atoms. The summed E-state index contributed by atoms with van der Waals surface area (Å²) in [5, 5.41) is 0. The van der Waals surface area contributed by atoms with E-state index in [0.29, 0.717) is 5.56 Å². The van der Waals surface area contributed by atoms with Gasteiger partial charge in [0.2, 0.25) is 10.0 Å². The van der Waals surface area contributed by atoms with Crippen LogP contribution in [0.1, 0.15) is 24.9 Å². The highest BCUT2D eigenvalue weighted by Crippen LogP contribution is 2.14. The first kappa shape index (κ1) is 18.1. The molecule has 9 heteroatoms. The zero-order chi connectivity index (χ0) is 17.7. The summed E-state index contributed by atoms with van der Waals surface area (Å²) in [7, 11) is -3.59. The van der Waals surface area contributed by atoms with Crippen LogP contribution in [-0.4, -0.2) is 23.7 Å². The highest BCUT2D eigenvalue weighted by Gasteiger charge is 2.16. The molecule has 7 nitrogen and oxygen atoms in total. The summed E-state index contributed by atoms with van der Waals surface area (Å²) < 4.78 is 41.0. The third kappa shape index (κ3) is 5.14. The van der Waals surface area contributed by atoms with E-state index in [1.165, 1.54) is 35.0 Å². The van der Waals surface area contributed by atoms with Crippen LogP contribution in [0.4, 0.5) is 4.39 Å². The summed E-state index contributed by atoms with van der Waals surface area (Å²) in [6.45, 7) is 1.78. The van der Waals surface area contributed by atoms with Crippen LogP contribution in [-0.2, 0) is 16.6 Å². The quantitative estimate of drug-likeness (QED) is 0.765. The van der Waals surface area contributed by atoms with Gasteiger partial charge in [0.15, 0.2) is 0 Å². The van der Waals surface area contributed by atoms with Crippen molar-refractivity contribution in [2.45, 2.75) is 25.9 Å². The van der Waals surface area contributed by atoms with Crippen LogP contribution in [0.5, 0.6) is 0 Å². The minimum atomic E-state index is -3.59. The van der Waals surface area contributed by atoms with E-state index in [0.717, 1.165) is 0 Å². The van der Waals surface area contributed by atoms with Gasteiger partial charge in [-0.05, 0) is 31.0 Å². The molecule has 2 aromatic rings. The fourth-order valence-corrected chi connectivity index (χ4v) is 3.52. The molecule has 0 aliphatic heterocycles. The number of aromatic nitrogens is 2. The predicted octanol–water partition coefficient (Wildman–Crippen LogP) is 0.746. The minimum absolute atomic E-state index is 0.158. The molecule has 0 unspecified atom stereocenters. The molecule has 1 aromatic carbocycles. The van der Waals surface area contributed by atoms with E-state index in [1.54, 1.807) is 13.0 Å². The van der Waals surface area contributed by atoms with E-state index >= 15 is 0 Å². The Hall–Kier alpha value is -2.26. The Kier molecular flexibility index (Phi) is 5.68. The second kappa shape index (κ2) is 7.54. The maximum absolute atomic E-state index is 13.2. The van der Waals surface area contributed by atoms with Crippen molar-refractivity contribution in [1.82, 2.24) is 14.3 Å². The first-order valence-electron chi connectivity index (χ1n) is 7.32. The smallest absolute Gasteiger partial charge is 0.301 e. The van der Waals surface area contributed by atoms with Gasteiger partial charge in [-0.2, -0.15) is 0 Å². The van der Waals surface area contributed by atoms with Crippen LogP contribution in [0.25, 0.3) is 0 Å². The van der Waals surface area contributed by atoms with Crippen LogP contribution >= 0.6 is 0 Å². The second-order valence-corrected chi connectivity index (χ2v) is 7.24. The molecule has 1 atom stereocenters. The van der Waals surface area contributed by atoms with Crippen LogP contribution in [0, 0.1) is 5.82 Å². The van der Waals surface area contributed by atoms with Gasteiger partial charge in [-0.15, -0.1) is 0 Å².